The third-order valence-electron chi connectivity index (χ3n) is 4.47. The van der Waals surface area contributed by atoms with Crippen LogP contribution < -0.4 is 15.4 Å². The zero-order valence-corrected chi connectivity index (χ0v) is 18.0. The molecule has 2 aromatic rings. The minimum Gasteiger partial charge on any atom is -0.492 e. The van der Waals surface area contributed by atoms with Crippen molar-refractivity contribution in [1.82, 2.24) is 15.5 Å². The van der Waals surface area contributed by atoms with Gasteiger partial charge in [-0.2, -0.15) is 0 Å². The third kappa shape index (κ3) is 8.13. The minimum absolute atomic E-state index is 0.358. The van der Waals surface area contributed by atoms with Crippen LogP contribution in [-0.2, 0) is 12.1 Å². The molecule has 0 heterocycles. The molecule has 0 saturated carbocycles. The van der Waals surface area contributed by atoms with Crippen LogP contribution in [-0.4, -0.2) is 56.3 Å². The smallest absolute Gasteiger partial charge is 0.191 e. The molecule has 0 amide bonds. The highest BCUT2D eigenvalue weighted by Crippen LogP contribution is 2.19. The number of benzene rings is 2. The van der Waals surface area contributed by atoms with Gasteiger partial charge in [-0.05, 0) is 51.2 Å². The first-order valence-corrected chi connectivity index (χ1v) is 10.1. The van der Waals surface area contributed by atoms with Gasteiger partial charge in [0.05, 0.1) is 13.1 Å². The average Bonchev–Trinajstić information content (AvgIpc) is 2.71. The van der Waals surface area contributed by atoms with Gasteiger partial charge in [-0.15, -0.1) is 0 Å². The van der Waals surface area contributed by atoms with Crippen molar-refractivity contribution in [2.24, 2.45) is 4.99 Å². The van der Waals surface area contributed by atoms with Crippen LogP contribution in [0.3, 0.4) is 0 Å². The van der Waals surface area contributed by atoms with Crippen molar-refractivity contribution < 1.29 is 9.84 Å². The van der Waals surface area contributed by atoms with Gasteiger partial charge >= 0.3 is 0 Å². The summed E-state index contributed by atoms with van der Waals surface area (Å²) in [7, 11) is 4.05. The lowest BCUT2D eigenvalue weighted by Gasteiger charge is -2.25. The highest BCUT2D eigenvalue weighted by molar-refractivity contribution is 5.79. The fourth-order valence-corrected chi connectivity index (χ4v) is 2.75. The fourth-order valence-electron chi connectivity index (χ4n) is 2.75. The SMILES string of the molecule is CCNC(=NCc1cccc(OCCN(C)C)c1)NCC(C)(O)c1ccccc1. The van der Waals surface area contributed by atoms with E-state index in [2.05, 4.69) is 20.5 Å². The van der Waals surface area contributed by atoms with Crippen molar-refractivity contribution in [2.75, 3.05) is 40.3 Å². The second kappa shape index (κ2) is 11.4. The maximum absolute atomic E-state index is 10.8. The Bertz CT molecular complexity index is 760. The summed E-state index contributed by atoms with van der Waals surface area (Å²) in [4.78, 5) is 6.74. The van der Waals surface area contributed by atoms with Gasteiger partial charge in [0, 0.05) is 13.1 Å². The van der Waals surface area contributed by atoms with Crippen LogP contribution in [0.1, 0.15) is 25.0 Å². The Balaban J connectivity index is 1.96. The summed E-state index contributed by atoms with van der Waals surface area (Å²) in [5.41, 5.74) is 0.947. The standard InChI is InChI=1S/C23H34N4O2/c1-5-24-22(26-18-23(2,28)20-11-7-6-8-12-20)25-17-19-10-9-13-21(16-19)29-15-14-27(3)4/h6-13,16,28H,5,14-15,17-18H2,1-4H3,(H2,24,25,26). The summed E-state index contributed by atoms with van der Waals surface area (Å²) in [6.45, 7) is 6.97. The maximum atomic E-state index is 10.8. The third-order valence-corrected chi connectivity index (χ3v) is 4.47. The average molecular weight is 399 g/mol. The van der Waals surface area contributed by atoms with Crippen LogP contribution in [0, 0.1) is 0 Å². The lowest BCUT2D eigenvalue weighted by Crippen LogP contribution is -2.44. The van der Waals surface area contributed by atoms with E-state index >= 15 is 0 Å². The van der Waals surface area contributed by atoms with Gasteiger partial charge < -0.3 is 25.4 Å². The molecule has 0 aliphatic heterocycles. The first-order valence-electron chi connectivity index (χ1n) is 10.1. The Morgan fingerprint density at radius 3 is 2.55 bits per heavy atom. The quantitative estimate of drug-likeness (QED) is 0.424. The Hall–Kier alpha value is -2.57. The number of rotatable bonds is 10. The van der Waals surface area contributed by atoms with Crippen molar-refractivity contribution in [2.45, 2.75) is 26.0 Å². The Labute approximate surface area is 174 Å². The van der Waals surface area contributed by atoms with Gasteiger partial charge in [0.1, 0.15) is 18.0 Å². The Morgan fingerprint density at radius 2 is 1.86 bits per heavy atom. The molecule has 0 radical (unpaired) electrons. The zero-order valence-electron chi connectivity index (χ0n) is 18.0. The highest BCUT2D eigenvalue weighted by Gasteiger charge is 2.22. The summed E-state index contributed by atoms with van der Waals surface area (Å²) in [6, 6.07) is 17.6. The summed E-state index contributed by atoms with van der Waals surface area (Å²) in [6.07, 6.45) is 0. The molecule has 1 atom stereocenters. The van der Waals surface area contributed by atoms with E-state index in [1.54, 1.807) is 6.92 Å². The van der Waals surface area contributed by atoms with E-state index in [1.165, 1.54) is 0 Å². The number of aliphatic hydroxyl groups is 1. The van der Waals surface area contributed by atoms with Gasteiger partial charge in [0.15, 0.2) is 5.96 Å². The minimum atomic E-state index is -0.988. The Morgan fingerprint density at radius 1 is 1.10 bits per heavy atom. The predicted octanol–water partition coefficient (Wildman–Crippen LogP) is 2.59. The molecule has 0 aromatic heterocycles. The summed E-state index contributed by atoms with van der Waals surface area (Å²) < 4.78 is 5.80. The molecular weight excluding hydrogens is 364 g/mol. The maximum Gasteiger partial charge on any atom is 0.191 e. The number of hydrogen-bond donors (Lipinski definition) is 3. The Kier molecular flexibility index (Phi) is 8.96. The molecule has 2 aromatic carbocycles. The van der Waals surface area contributed by atoms with Crippen LogP contribution in [0.5, 0.6) is 5.75 Å². The first kappa shape index (κ1) is 22.7. The molecule has 0 saturated heterocycles. The number of likely N-dealkylation sites (N-methyl/N-ethyl adjacent to an activating group) is 1. The summed E-state index contributed by atoms with van der Waals surface area (Å²) in [5.74, 6) is 1.52. The molecule has 158 valence electrons. The molecule has 0 aliphatic rings. The number of nitrogens with one attached hydrogen (secondary N) is 2. The molecule has 0 spiro atoms. The molecule has 0 bridgehead atoms. The monoisotopic (exact) mass is 398 g/mol. The lowest BCUT2D eigenvalue weighted by atomic mass is 9.96. The first-order chi connectivity index (χ1) is 13.9. The molecule has 0 aliphatic carbocycles. The molecule has 3 N–H and O–H groups in total. The van der Waals surface area contributed by atoms with Crippen LogP contribution in [0.15, 0.2) is 59.6 Å². The summed E-state index contributed by atoms with van der Waals surface area (Å²) >= 11 is 0. The van der Waals surface area contributed by atoms with Crippen LogP contribution in [0.2, 0.25) is 0 Å². The van der Waals surface area contributed by atoms with Crippen molar-refractivity contribution in [3.8, 4) is 5.75 Å². The summed E-state index contributed by atoms with van der Waals surface area (Å²) in [5, 5.41) is 17.3. The zero-order chi connectivity index (χ0) is 21.1. The van der Waals surface area contributed by atoms with Gasteiger partial charge in [-0.1, -0.05) is 42.5 Å². The fraction of sp³-hybridized carbons (Fsp3) is 0.435. The van der Waals surface area contributed by atoms with Crippen LogP contribution in [0.25, 0.3) is 0 Å². The second-order valence-electron chi connectivity index (χ2n) is 7.49. The molecule has 29 heavy (non-hydrogen) atoms. The number of guanidine groups is 1. The van der Waals surface area contributed by atoms with Crippen molar-refractivity contribution in [3.63, 3.8) is 0 Å². The van der Waals surface area contributed by atoms with E-state index in [0.717, 1.165) is 30.0 Å². The lowest BCUT2D eigenvalue weighted by molar-refractivity contribution is 0.0617. The van der Waals surface area contributed by atoms with Gasteiger partial charge in [-0.3, -0.25) is 0 Å². The predicted molar refractivity (Wildman–Crippen MR) is 119 cm³/mol. The van der Waals surface area contributed by atoms with Crippen LogP contribution >= 0.6 is 0 Å². The van der Waals surface area contributed by atoms with E-state index in [4.69, 9.17) is 4.74 Å². The molecule has 6 nitrogen and oxygen atoms in total. The van der Waals surface area contributed by atoms with Gasteiger partial charge in [0.25, 0.3) is 0 Å². The number of aliphatic imine (C=N–C) groups is 1. The molecule has 6 heteroatoms. The topological polar surface area (TPSA) is 69.1 Å². The van der Waals surface area contributed by atoms with E-state index in [0.29, 0.717) is 25.7 Å². The molecule has 0 fully saturated rings. The molecular formula is C23H34N4O2. The van der Waals surface area contributed by atoms with Gasteiger partial charge in [0.2, 0.25) is 0 Å². The van der Waals surface area contributed by atoms with Crippen LogP contribution in [0.4, 0.5) is 0 Å². The highest BCUT2D eigenvalue weighted by atomic mass is 16.5. The largest absolute Gasteiger partial charge is 0.492 e. The molecule has 1 unspecified atom stereocenters. The number of nitrogens with zero attached hydrogens (tertiary/aromatic N) is 2. The van der Waals surface area contributed by atoms with Crippen molar-refractivity contribution in [3.05, 3.63) is 65.7 Å². The normalized spacial score (nSPS) is 13.8. The molecule has 2 rings (SSSR count). The van der Waals surface area contributed by atoms with Crippen molar-refractivity contribution >= 4 is 5.96 Å². The second-order valence-corrected chi connectivity index (χ2v) is 7.49. The van der Waals surface area contributed by atoms with E-state index in [-0.39, 0.29) is 0 Å². The van der Waals surface area contributed by atoms with E-state index < -0.39 is 5.60 Å². The number of hydrogen-bond acceptors (Lipinski definition) is 4. The van der Waals surface area contributed by atoms with Gasteiger partial charge in [-0.25, -0.2) is 4.99 Å². The van der Waals surface area contributed by atoms with Crippen molar-refractivity contribution in [1.29, 1.82) is 0 Å². The van der Waals surface area contributed by atoms with E-state index in [9.17, 15) is 5.11 Å². The van der Waals surface area contributed by atoms with E-state index in [1.807, 2.05) is 75.6 Å². The number of ether oxygens (including phenoxy) is 1.